The Labute approximate surface area is 152 Å². The van der Waals surface area contributed by atoms with E-state index in [2.05, 4.69) is 15.0 Å². The number of nitrogens with one attached hydrogen (secondary N) is 1. The molecule has 10 heteroatoms. The van der Waals surface area contributed by atoms with Crippen LogP contribution >= 0.6 is 0 Å². The lowest BCUT2D eigenvalue weighted by atomic mass is 10.1. The van der Waals surface area contributed by atoms with Crippen molar-refractivity contribution in [3.63, 3.8) is 0 Å². The third kappa shape index (κ3) is 2.98. The Morgan fingerprint density at radius 3 is 2.63 bits per heavy atom. The van der Waals surface area contributed by atoms with Gasteiger partial charge < -0.3 is 25.8 Å². The number of hydrogen-bond acceptors (Lipinski definition) is 8. The van der Waals surface area contributed by atoms with Gasteiger partial charge in [-0.3, -0.25) is 14.3 Å². The molecule has 1 saturated heterocycles. The van der Waals surface area contributed by atoms with Gasteiger partial charge in [0.2, 0.25) is 5.95 Å². The van der Waals surface area contributed by atoms with E-state index in [0.717, 1.165) is 5.56 Å². The molecule has 4 rings (SSSR count). The van der Waals surface area contributed by atoms with Crippen LogP contribution in [-0.4, -0.2) is 53.7 Å². The van der Waals surface area contributed by atoms with Crippen molar-refractivity contribution < 1.29 is 20.1 Å². The van der Waals surface area contributed by atoms with E-state index < -0.39 is 24.0 Å². The van der Waals surface area contributed by atoms with Crippen LogP contribution in [0.4, 0.5) is 5.95 Å². The molecule has 27 heavy (non-hydrogen) atoms. The molecule has 2 aromatic heterocycles. The van der Waals surface area contributed by atoms with Gasteiger partial charge >= 0.3 is 0 Å². The average molecular weight is 373 g/mol. The van der Waals surface area contributed by atoms with Crippen LogP contribution < -0.4 is 11.3 Å². The molecule has 0 aliphatic carbocycles. The van der Waals surface area contributed by atoms with Gasteiger partial charge in [0.25, 0.3) is 5.56 Å². The molecule has 6 N–H and O–H groups in total. The van der Waals surface area contributed by atoms with E-state index in [4.69, 9.17) is 10.5 Å². The summed E-state index contributed by atoms with van der Waals surface area (Å²) in [6, 6.07) is 7.00. The number of rotatable bonds is 4. The first-order chi connectivity index (χ1) is 13.0. The lowest BCUT2D eigenvalue weighted by Gasteiger charge is -2.17. The zero-order valence-electron chi connectivity index (χ0n) is 14.2. The van der Waals surface area contributed by atoms with Crippen LogP contribution in [0.3, 0.4) is 0 Å². The normalized spacial score (nSPS) is 22.6. The molecule has 1 aromatic carbocycles. The number of fused-ring (bicyclic) bond motifs is 1. The number of aromatic amines is 1. The highest BCUT2D eigenvalue weighted by molar-refractivity contribution is 5.77. The molecule has 1 aliphatic rings. The Morgan fingerprint density at radius 2 is 2.00 bits per heavy atom. The van der Waals surface area contributed by atoms with Crippen molar-refractivity contribution in [3.05, 3.63) is 40.2 Å². The number of imidazole rings is 1. The van der Waals surface area contributed by atoms with Crippen LogP contribution in [0.5, 0.6) is 0 Å². The summed E-state index contributed by atoms with van der Waals surface area (Å²) < 4.78 is 7.36. The number of nitrogens with two attached hydrogens (primary N) is 1. The maximum Gasteiger partial charge on any atom is 0.280 e. The average Bonchev–Trinajstić information content (AvgIpc) is 3.22. The molecule has 0 radical (unpaired) electrons. The van der Waals surface area contributed by atoms with Gasteiger partial charge in [-0.1, -0.05) is 24.3 Å². The third-order valence-electron chi connectivity index (χ3n) is 4.64. The third-order valence-corrected chi connectivity index (χ3v) is 4.64. The van der Waals surface area contributed by atoms with E-state index in [1.807, 2.05) is 0 Å². The molecule has 142 valence electrons. The predicted molar refractivity (Wildman–Crippen MR) is 95.5 cm³/mol. The van der Waals surface area contributed by atoms with Crippen molar-refractivity contribution in [2.45, 2.75) is 31.5 Å². The van der Waals surface area contributed by atoms with E-state index in [0.29, 0.717) is 11.4 Å². The standard InChI is InChI=1S/C17H19N5O5/c18-17-20-15-13(16(26)21-17)19-14(9-3-1-8(6-23)2-4-9)22(15)12-5-10(25)11(7-24)27-12/h1-4,10-12,23-25H,5-7H2,(H3,18,20,21,26)/t10-,11+,12+/m0/s1. The van der Waals surface area contributed by atoms with Crippen molar-refractivity contribution in [2.24, 2.45) is 0 Å². The number of aromatic nitrogens is 4. The lowest BCUT2D eigenvalue weighted by Crippen LogP contribution is -2.24. The smallest absolute Gasteiger partial charge is 0.280 e. The molecule has 0 amide bonds. The second kappa shape index (κ2) is 6.74. The van der Waals surface area contributed by atoms with Gasteiger partial charge in [0, 0.05) is 12.0 Å². The number of aliphatic hydroxyl groups is 3. The first kappa shape index (κ1) is 17.6. The highest BCUT2D eigenvalue weighted by Crippen LogP contribution is 2.35. The highest BCUT2D eigenvalue weighted by atomic mass is 16.5. The van der Waals surface area contributed by atoms with Crippen LogP contribution in [-0.2, 0) is 11.3 Å². The molecule has 0 unspecified atom stereocenters. The maximum absolute atomic E-state index is 12.3. The molecule has 1 fully saturated rings. The number of ether oxygens (including phenoxy) is 1. The topological polar surface area (TPSA) is 160 Å². The van der Waals surface area contributed by atoms with E-state index in [1.54, 1.807) is 28.8 Å². The fourth-order valence-corrected chi connectivity index (χ4v) is 3.27. The second-order valence-corrected chi connectivity index (χ2v) is 6.40. The van der Waals surface area contributed by atoms with E-state index in [9.17, 15) is 20.1 Å². The van der Waals surface area contributed by atoms with Crippen molar-refractivity contribution in [1.82, 2.24) is 19.5 Å². The minimum absolute atomic E-state index is 0.0620. The van der Waals surface area contributed by atoms with Gasteiger partial charge in [-0.05, 0) is 5.56 Å². The fourth-order valence-electron chi connectivity index (χ4n) is 3.27. The van der Waals surface area contributed by atoms with Crippen LogP contribution in [0.1, 0.15) is 18.2 Å². The number of aliphatic hydroxyl groups excluding tert-OH is 3. The minimum atomic E-state index is -0.860. The largest absolute Gasteiger partial charge is 0.394 e. The molecule has 10 nitrogen and oxygen atoms in total. The van der Waals surface area contributed by atoms with Crippen LogP contribution in [0, 0.1) is 0 Å². The summed E-state index contributed by atoms with van der Waals surface area (Å²) in [5, 5.41) is 28.7. The zero-order valence-corrected chi connectivity index (χ0v) is 14.2. The molecule has 0 spiro atoms. The molecule has 3 atom stereocenters. The molecular weight excluding hydrogens is 354 g/mol. The first-order valence-electron chi connectivity index (χ1n) is 8.44. The monoisotopic (exact) mass is 373 g/mol. The fraction of sp³-hybridized carbons (Fsp3) is 0.353. The Morgan fingerprint density at radius 1 is 1.26 bits per heavy atom. The number of hydrogen-bond donors (Lipinski definition) is 5. The summed E-state index contributed by atoms with van der Waals surface area (Å²) in [6.45, 7) is -0.425. The summed E-state index contributed by atoms with van der Waals surface area (Å²) in [7, 11) is 0. The Balaban J connectivity index is 1.92. The number of nitrogen functional groups attached to an aromatic ring is 1. The molecule has 0 bridgehead atoms. The molecule has 3 aromatic rings. The SMILES string of the molecule is Nc1nc2c(nc(-c3ccc(CO)cc3)n2[C@H]2C[C@H](O)[C@@H](CO)O2)c(=O)[nH]1. The minimum Gasteiger partial charge on any atom is -0.394 e. The number of nitrogens with zero attached hydrogens (tertiary/aromatic N) is 3. The molecule has 0 saturated carbocycles. The summed E-state index contributed by atoms with van der Waals surface area (Å²) in [4.78, 5) is 23.3. The highest BCUT2D eigenvalue weighted by Gasteiger charge is 2.37. The molecular formula is C17H19N5O5. The van der Waals surface area contributed by atoms with E-state index in [1.165, 1.54) is 0 Å². The van der Waals surface area contributed by atoms with Crippen LogP contribution in [0.15, 0.2) is 29.1 Å². The van der Waals surface area contributed by atoms with Crippen molar-refractivity contribution >= 4 is 17.1 Å². The summed E-state index contributed by atoms with van der Waals surface area (Å²) in [6.07, 6.45) is -2.08. The first-order valence-corrected chi connectivity index (χ1v) is 8.44. The van der Waals surface area contributed by atoms with Crippen LogP contribution in [0.2, 0.25) is 0 Å². The van der Waals surface area contributed by atoms with Gasteiger partial charge in [0.15, 0.2) is 11.2 Å². The van der Waals surface area contributed by atoms with Gasteiger partial charge in [0.05, 0.1) is 19.3 Å². The second-order valence-electron chi connectivity index (χ2n) is 6.40. The number of benzene rings is 1. The molecule has 3 heterocycles. The summed E-state index contributed by atoms with van der Waals surface area (Å²) in [5.74, 6) is 0.349. The Kier molecular flexibility index (Phi) is 4.40. The van der Waals surface area contributed by atoms with E-state index in [-0.39, 0.29) is 36.7 Å². The summed E-state index contributed by atoms with van der Waals surface area (Å²) in [5.41, 5.74) is 6.94. The molecule has 1 aliphatic heterocycles. The van der Waals surface area contributed by atoms with Gasteiger partial charge in [0.1, 0.15) is 18.2 Å². The van der Waals surface area contributed by atoms with Gasteiger partial charge in [-0.25, -0.2) is 4.98 Å². The summed E-state index contributed by atoms with van der Waals surface area (Å²) >= 11 is 0. The van der Waals surface area contributed by atoms with Gasteiger partial charge in [-0.2, -0.15) is 4.98 Å². The predicted octanol–water partition coefficient (Wildman–Crippen LogP) is -0.498. The van der Waals surface area contributed by atoms with Crippen LogP contribution in [0.25, 0.3) is 22.6 Å². The Hall–Kier alpha value is -2.79. The van der Waals surface area contributed by atoms with Crippen molar-refractivity contribution in [2.75, 3.05) is 12.3 Å². The zero-order chi connectivity index (χ0) is 19.1. The van der Waals surface area contributed by atoms with Crippen molar-refractivity contribution in [3.8, 4) is 11.4 Å². The Bertz CT molecular complexity index is 1030. The number of anilines is 1. The quantitative estimate of drug-likeness (QED) is 0.409. The van der Waals surface area contributed by atoms with E-state index >= 15 is 0 Å². The number of H-pyrrole nitrogens is 1. The lowest BCUT2D eigenvalue weighted by molar-refractivity contribution is -0.0426. The van der Waals surface area contributed by atoms with Crippen molar-refractivity contribution in [1.29, 1.82) is 0 Å². The maximum atomic E-state index is 12.3. The van der Waals surface area contributed by atoms with Gasteiger partial charge in [-0.15, -0.1) is 0 Å².